The van der Waals surface area contributed by atoms with E-state index in [0.29, 0.717) is 21.8 Å². The van der Waals surface area contributed by atoms with Crippen LogP contribution in [0.5, 0.6) is 0 Å². The minimum absolute atomic E-state index is 0.00965. The summed E-state index contributed by atoms with van der Waals surface area (Å²) in [6, 6.07) is 3.16. The molecule has 2 rings (SSSR count). The van der Waals surface area contributed by atoms with E-state index in [2.05, 4.69) is 36.6 Å². The third kappa shape index (κ3) is 2.97. The molecule has 4 N–H and O–H groups in total. The van der Waals surface area contributed by atoms with Gasteiger partial charge in [0, 0.05) is 8.95 Å². The zero-order valence-electron chi connectivity index (χ0n) is 9.99. The van der Waals surface area contributed by atoms with Crippen LogP contribution in [0.25, 0.3) is 0 Å². The second-order valence-corrected chi connectivity index (χ2v) is 8.09. The van der Waals surface area contributed by atoms with Crippen LogP contribution in [0, 0.1) is 0 Å². The Morgan fingerprint density at radius 2 is 2.00 bits per heavy atom. The van der Waals surface area contributed by atoms with E-state index in [0.717, 1.165) is 6.42 Å². The Bertz CT molecular complexity index is 571. The lowest BCUT2D eigenvalue weighted by molar-refractivity contribution is 0.110. The lowest BCUT2D eigenvalue weighted by Gasteiger charge is -2.40. The SMILES string of the molecule is Nc1cc(Br)cc(Br)c1S(=O)(=O)NC1(CO)CCC1. The van der Waals surface area contributed by atoms with Crippen molar-refractivity contribution in [3.05, 3.63) is 21.1 Å². The molecule has 0 saturated heterocycles. The van der Waals surface area contributed by atoms with Crippen molar-refractivity contribution in [1.82, 2.24) is 4.72 Å². The molecule has 106 valence electrons. The summed E-state index contributed by atoms with van der Waals surface area (Å²) < 4.78 is 28.5. The zero-order chi connectivity index (χ0) is 14.3. The standard InChI is InChI=1S/C11H14Br2N2O3S/c12-7-4-8(13)10(9(14)5-7)19(17,18)15-11(6-16)2-1-3-11/h4-5,15-16H,1-3,6,14H2. The van der Waals surface area contributed by atoms with Crippen molar-refractivity contribution >= 4 is 47.6 Å². The maximum atomic E-state index is 12.4. The van der Waals surface area contributed by atoms with Crippen LogP contribution in [0.15, 0.2) is 26.0 Å². The third-order valence-electron chi connectivity index (χ3n) is 3.27. The lowest BCUT2D eigenvalue weighted by atomic mass is 9.78. The smallest absolute Gasteiger partial charge is 0.244 e. The fourth-order valence-corrected chi connectivity index (χ4v) is 5.62. The van der Waals surface area contributed by atoms with Crippen molar-refractivity contribution in [1.29, 1.82) is 0 Å². The molecule has 0 unspecified atom stereocenters. The van der Waals surface area contributed by atoms with Gasteiger partial charge in [0.05, 0.1) is 17.8 Å². The van der Waals surface area contributed by atoms with Gasteiger partial charge in [0.25, 0.3) is 0 Å². The van der Waals surface area contributed by atoms with Gasteiger partial charge in [-0.15, -0.1) is 0 Å². The first-order valence-electron chi connectivity index (χ1n) is 5.69. The second-order valence-electron chi connectivity index (χ2n) is 4.70. The average Bonchev–Trinajstić information content (AvgIpc) is 2.21. The maximum Gasteiger partial charge on any atom is 0.244 e. The Balaban J connectivity index is 2.40. The van der Waals surface area contributed by atoms with E-state index >= 15 is 0 Å². The summed E-state index contributed by atoms with van der Waals surface area (Å²) in [5.41, 5.74) is 5.20. The number of anilines is 1. The molecule has 1 aliphatic rings. The Labute approximate surface area is 128 Å². The van der Waals surface area contributed by atoms with Gasteiger partial charge in [0.1, 0.15) is 4.90 Å². The Hall–Kier alpha value is -0.150. The maximum absolute atomic E-state index is 12.4. The minimum Gasteiger partial charge on any atom is -0.398 e. The molecule has 0 aliphatic heterocycles. The molecule has 1 fully saturated rings. The molecule has 1 aromatic rings. The molecule has 0 radical (unpaired) electrons. The predicted molar refractivity (Wildman–Crippen MR) is 80.2 cm³/mol. The van der Waals surface area contributed by atoms with Crippen LogP contribution in [0.2, 0.25) is 0 Å². The number of halogens is 2. The number of sulfonamides is 1. The molecule has 1 aliphatic carbocycles. The van der Waals surface area contributed by atoms with E-state index in [1.165, 1.54) is 6.07 Å². The third-order valence-corrected chi connectivity index (χ3v) is 6.31. The minimum atomic E-state index is -3.77. The van der Waals surface area contributed by atoms with E-state index in [1.807, 2.05) is 0 Å². The van der Waals surface area contributed by atoms with Crippen LogP contribution < -0.4 is 10.5 Å². The monoisotopic (exact) mass is 412 g/mol. The van der Waals surface area contributed by atoms with E-state index in [9.17, 15) is 13.5 Å². The van der Waals surface area contributed by atoms with Crippen molar-refractivity contribution in [2.75, 3.05) is 12.3 Å². The number of aliphatic hydroxyl groups is 1. The molecule has 0 aromatic heterocycles. The van der Waals surface area contributed by atoms with Gasteiger partial charge in [-0.25, -0.2) is 13.1 Å². The predicted octanol–water partition coefficient (Wildman–Crippen LogP) is 1.99. The molecule has 5 nitrogen and oxygen atoms in total. The largest absolute Gasteiger partial charge is 0.398 e. The fraction of sp³-hybridized carbons (Fsp3) is 0.455. The molecule has 8 heteroatoms. The highest BCUT2D eigenvalue weighted by Crippen LogP contribution is 2.36. The van der Waals surface area contributed by atoms with Gasteiger partial charge >= 0.3 is 0 Å². The summed E-state index contributed by atoms with van der Waals surface area (Å²) in [5, 5.41) is 9.35. The summed E-state index contributed by atoms with van der Waals surface area (Å²) in [4.78, 5) is 0.00965. The van der Waals surface area contributed by atoms with E-state index < -0.39 is 15.6 Å². The summed E-state index contributed by atoms with van der Waals surface area (Å²) in [7, 11) is -3.77. The van der Waals surface area contributed by atoms with E-state index in [-0.39, 0.29) is 17.2 Å². The van der Waals surface area contributed by atoms with Crippen molar-refractivity contribution in [3.8, 4) is 0 Å². The highest BCUT2D eigenvalue weighted by atomic mass is 79.9. The van der Waals surface area contributed by atoms with Crippen molar-refractivity contribution in [3.63, 3.8) is 0 Å². The van der Waals surface area contributed by atoms with Crippen LogP contribution >= 0.6 is 31.9 Å². The van der Waals surface area contributed by atoms with Gasteiger partial charge in [0.2, 0.25) is 10.0 Å². The average molecular weight is 414 g/mol. The van der Waals surface area contributed by atoms with Gasteiger partial charge < -0.3 is 10.8 Å². The molecule has 0 amide bonds. The normalized spacial score (nSPS) is 18.1. The summed E-state index contributed by atoms with van der Waals surface area (Å²) in [6.07, 6.45) is 2.17. The molecule has 19 heavy (non-hydrogen) atoms. The second kappa shape index (κ2) is 5.33. The van der Waals surface area contributed by atoms with Crippen LogP contribution in [0.1, 0.15) is 19.3 Å². The van der Waals surface area contributed by atoms with E-state index in [1.54, 1.807) is 6.07 Å². The van der Waals surface area contributed by atoms with E-state index in [4.69, 9.17) is 5.73 Å². The molecule has 0 atom stereocenters. The van der Waals surface area contributed by atoms with Gasteiger partial charge in [-0.3, -0.25) is 0 Å². The number of nitrogens with one attached hydrogen (secondary N) is 1. The van der Waals surface area contributed by atoms with Gasteiger partial charge in [0.15, 0.2) is 0 Å². The van der Waals surface area contributed by atoms with Gasteiger partial charge in [-0.05, 0) is 47.3 Å². The van der Waals surface area contributed by atoms with Crippen molar-refractivity contribution in [2.24, 2.45) is 0 Å². The summed E-state index contributed by atoms with van der Waals surface area (Å²) >= 11 is 6.46. The summed E-state index contributed by atoms with van der Waals surface area (Å²) in [6.45, 7) is -0.208. The van der Waals surface area contributed by atoms with Crippen LogP contribution in [0.3, 0.4) is 0 Å². The van der Waals surface area contributed by atoms with Crippen LogP contribution in [-0.4, -0.2) is 25.7 Å². The highest BCUT2D eigenvalue weighted by Gasteiger charge is 2.41. The Morgan fingerprint density at radius 1 is 1.37 bits per heavy atom. The summed E-state index contributed by atoms with van der Waals surface area (Å²) in [5.74, 6) is 0. The van der Waals surface area contributed by atoms with Crippen molar-refractivity contribution < 1.29 is 13.5 Å². The molecule has 0 spiro atoms. The quantitative estimate of drug-likeness (QED) is 0.658. The molecular formula is C11H14Br2N2O3S. The first-order valence-corrected chi connectivity index (χ1v) is 8.76. The zero-order valence-corrected chi connectivity index (χ0v) is 14.0. The van der Waals surface area contributed by atoms with Crippen LogP contribution in [-0.2, 0) is 10.0 Å². The van der Waals surface area contributed by atoms with Crippen LogP contribution in [0.4, 0.5) is 5.69 Å². The first kappa shape index (κ1) is 15.2. The Morgan fingerprint density at radius 3 is 2.42 bits per heavy atom. The lowest BCUT2D eigenvalue weighted by Crippen LogP contribution is -2.56. The highest BCUT2D eigenvalue weighted by molar-refractivity contribution is 9.11. The van der Waals surface area contributed by atoms with Crippen molar-refractivity contribution in [2.45, 2.75) is 29.7 Å². The fourth-order valence-electron chi connectivity index (χ4n) is 2.10. The molecular weight excluding hydrogens is 400 g/mol. The number of hydrogen-bond acceptors (Lipinski definition) is 4. The molecule has 1 saturated carbocycles. The number of benzene rings is 1. The molecule has 0 bridgehead atoms. The number of nitrogens with two attached hydrogens (primary N) is 1. The molecule has 1 aromatic carbocycles. The Kier molecular flexibility index (Phi) is 4.27. The molecule has 0 heterocycles. The van der Waals surface area contributed by atoms with Gasteiger partial charge in [-0.1, -0.05) is 15.9 Å². The number of aliphatic hydroxyl groups excluding tert-OH is 1. The number of hydrogen-bond donors (Lipinski definition) is 3. The number of rotatable bonds is 4. The first-order chi connectivity index (χ1) is 8.80. The topological polar surface area (TPSA) is 92.4 Å². The number of nitrogen functional groups attached to an aromatic ring is 1. The van der Waals surface area contributed by atoms with Gasteiger partial charge in [-0.2, -0.15) is 0 Å².